The predicted octanol–water partition coefficient (Wildman–Crippen LogP) is 2.42. The fraction of sp³-hybridized carbons (Fsp3) is 0.375. The zero-order valence-electron chi connectivity index (χ0n) is 12.2. The van der Waals surface area contributed by atoms with Crippen molar-refractivity contribution in [1.82, 2.24) is 9.55 Å². The molecule has 0 saturated heterocycles. The third-order valence-electron chi connectivity index (χ3n) is 4.02. The summed E-state index contributed by atoms with van der Waals surface area (Å²) in [5, 5.41) is 9.21. The van der Waals surface area contributed by atoms with E-state index >= 15 is 0 Å². The third-order valence-corrected chi connectivity index (χ3v) is 4.02. The normalized spacial score (nSPS) is 16.8. The first-order valence-corrected chi connectivity index (χ1v) is 7.03. The number of carbonyl (C=O) groups is 1. The van der Waals surface area contributed by atoms with Crippen LogP contribution in [0.3, 0.4) is 0 Å². The van der Waals surface area contributed by atoms with Crippen molar-refractivity contribution in [3.8, 4) is 5.75 Å². The van der Waals surface area contributed by atoms with Gasteiger partial charge in [-0.25, -0.2) is 4.98 Å². The van der Waals surface area contributed by atoms with Crippen molar-refractivity contribution < 1.29 is 14.6 Å². The molecule has 0 amide bonds. The molecule has 0 aliphatic heterocycles. The molecule has 0 fully saturated rings. The summed E-state index contributed by atoms with van der Waals surface area (Å²) in [5.74, 6) is 0.294. The zero-order chi connectivity index (χ0) is 15.0. The largest absolute Gasteiger partial charge is 0.486 e. The van der Waals surface area contributed by atoms with E-state index in [4.69, 9.17) is 4.74 Å². The van der Waals surface area contributed by atoms with E-state index in [2.05, 4.69) is 4.98 Å². The van der Waals surface area contributed by atoms with Crippen LogP contribution in [0.2, 0.25) is 0 Å². The van der Waals surface area contributed by atoms with Crippen molar-refractivity contribution in [1.29, 1.82) is 0 Å². The lowest BCUT2D eigenvalue weighted by atomic mass is 10.1. The maximum atomic E-state index is 11.2. The van der Waals surface area contributed by atoms with Crippen LogP contribution in [0.15, 0.2) is 24.3 Å². The van der Waals surface area contributed by atoms with Gasteiger partial charge in [-0.1, -0.05) is 17.7 Å². The van der Waals surface area contributed by atoms with Gasteiger partial charge in [0, 0.05) is 12.7 Å². The fourth-order valence-corrected chi connectivity index (χ4v) is 2.75. The second-order valence-electron chi connectivity index (χ2n) is 5.45. The molecule has 1 aliphatic carbocycles. The quantitative estimate of drug-likeness (QED) is 0.937. The maximum absolute atomic E-state index is 11.2. The second kappa shape index (κ2) is 5.24. The molecule has 1 atom stereocenters. The standard InChI is InChI=1S/C16H18N2O3/c1-10-3-5-11(6-4-10)21-9-14-17-15-12(16(19)20)7-8-13(15)18(14)2/h3-6,12H,7-9H2,1-2H3,(H,19,20). The summed E-state index contributed by atoms with van der Waals surface area (Å²) in [6, 6.07) is 7.83. The molecule has 0 radical (unpaired) electrons. The van der Waals surface area contributed by atoms with Gasteiger partial charge in [-0.15, -0.1) is 0 Å². The number of carboxylic acids is 1. The monoisotopic (exact) mass is 286 g/mol. The molecule has 1 unspecified atom stereocenters. The minimum atomic E-state index is -0.794. The molecular weight excluding hydrogens is 268 g/mol. The number of imidazole rings is 1. The van der Waals surface area contributed by atoms with Crippen molar-refractivity contribution in [3.63, 3.8) is 0 Å². The van der Waals surface area contributed by atoms with Crippen molar-refractivity contribution in [2.45, 2.75) is 32.3 Å². The van der Waals surface area contributed by atoms with E-state index in [1.165, 1.54) is 5.56 Å². The van der Waals surface area contributed by atoms with Crippen molar-refractivity contribution in [2.75, 3.05) is 0 Å². The Morgan fingerprint density at radius 3 is 2.81 bits per heavy atom. The minimum Gasteiger partial charge on any atom is -0.486 e. The SMILES string of the molecule is Cc1ccc(OCc2nc3c(n2C)CCC3C(=O)O)cc1. The number of carboxylic acid groups (broad SMARTS) is 1. The van der Waals surface area contributed by atoms with Crippen molar-refractivity contribution >= 4 is 5.97 Å². The Hall–Kier alpha value is -2.30. The van der Waals surface area contributed by atoms with Crippen LogP contribution in [0.5, 0.6) is 5.75 Å². The van der Waals surface area contributed by atoms with E-state index in [9.17, 15) is 9.90 Å². The number of aryl methyl sites for hydroxylation is 1. The molecule has 0 spiro atoms. The van der Waals surface area contributed by atoms with E-state index in [1.807, 2.05) is 42.8 Å². The molecule has 1 aromatic heterocycles. The van der Waals surface area contributed by atoms with Crippen LogP contribution in [-0.4, -0.2) is 20.6 Å². The molecule has 5 heteroatoms. The topological polar surface area (TPSA) is 64.4 Å². The predicted molar refractivity (Wildman–Crippen MR) is 77.4 cm³/mol. The highest BCUT2D eigenvalue weighted by molar-refractivity contribution is 5.76. The molecule has 1 aliphatic rings. The summed E-state index contributed by atoms with van der Waals surface area (Å²) < 4.78 is 7.69. The summed E-state index contributed by atoms with van der Waals surface area (Å²) in [5.41, 5.74) is 2.90. The number of ether oxygens (including phenoxy) is 1. The van der Waals surface area contributed by atoms with Gasteiger partial charge in [0.15, 0.2) is 0 Å². The fourth-order valence-electron chi connectivity index (χ4n) is 2.75. The number of nitrogens with zero attached hydrogens (tertiary/aromatic N) is 2. The van der Waals surface area contributed by atoms with Gasteiger partial charge in [0.1, 0.15) is 24.1 Å². The molecule has 1 N–H and O–H groups in total. The first-order valence-electron chi connectivity index (χ1n) is 7.03. The average Bonchev–Trinajstić information content (AvgIpc) is 2.99. The Morgan fingerprint density at radius 1 is 1.43 bits per heavy atom. The van der Waals surface area contributed by atoms with Gasteiger partial charge >= 0.3 is 5.97 Å². The smallest absolute Gasteiger partial charge is 0.312 e. The first kappa shape index (κ1) is 13.7. The summed E-state index contributed by atoms with van der Waals surface area (Å²) in [6.45, 7) is 2.37. The molecule has 110 valence electrons. The molecule has 5 nitrogen and oxygen atoms in total. The zero-order valence-corrected chi connectivity index (χ0v) is 12.2. The van der Waals surface area contributed by atoms with Crippen LogP contribution < -0.4 is 4.74 Å². The second-order valence-corrected chi connectivity index (χ2v) is 5.45. The van der Waals surface area contributed by atoms with Gasteiger partial charge in [-0.3, -0.25) is 4.79 Å². The lowest BCUT2D eigenvalue weighted by Crippen LogP contribution is -2.09. The number of aromatic nitrogens is 2. The van der Waals surface area contributed by atoms with Crippen molar-refractivity contribution in [2.24, 2.45) is 7.05 Å². The van der Waals surface area contributed by atoms with Crippen LogP contribution in [-0.2, 0) is 24.9 Å². The average molecular weight is 286 g/mol. The first-order chi connectivity index (χ1) is 10.1. The van der Waals surface area contributed by atoms with Gasteiger partial charge in [-0.05, 0) is 31.9 Å². The van der Waals surface area contributed by atoms with Crippen LogP contribution in [0, 0.1) is 6.92 Å². The van der Waals surface area contributed by atoms with Gasteiger partial charge in [-0.2, -0.15) is 0 Å². The molecule has 1 heterocycles. The Morgan fingerprint density at radius 2 is 2.14 bits per heavy atom. The summed E-state index contributed by atoms with van der Waals surface area (Å²) in [6.07, 6.45) is 1.40. The number of benzene rings is 1. The number of fused-ring (bicyclic) bond motifs is 1. The van der Waals surface area contributed by atoms with Crippen molar-refractivity contribution in [3.05, 3.63) is 47.0 Å². The molecule has 1 aromatic carbocycles. The van der Waals surface area contributed by atoms with E-state index in [0.717, 1.165) is 23.7 Å². The van der Waals surface area contributed by atoms with Gasteiger partial charge in [0.25, 0.3) is 0 Å². The molecule has 0 saturated carbocycles. The minimum absolute atomic E-state index is 0.346. The molecular formula is C16H18N2O3. The number of aliphatic carboxylic acids is 1. The molecule has 2 aromatic rings. The van der Waals surface area contributed by atoms with Crippen LogP contribution in [0.25, 0.3) is 0 Å². The highest BCUT2D eigenvalue weighted by atomic mass is 16.5. The van der Waals surface area contributed by atoms with Crippen LogP contribution in [0.4, 0.5) is 0 Å². The molecule has 0 bridgehead atoms. The number of hydrogen-bond acceptors (Lipinski definition) is 3. The Labute approximate surface area is 123 Å². The van der Waals surface area contributed by atoms with E-state index in [1.54, 1.807) is 0 Å². The van der Waals surface area contributed by atoms with E-state index in [0.29, 0.717) is 18.7 Å². The Balaban J connectivity index is 1.77. The van der Waals surface area contributed by atoms with Crippen LogP contribution in [0.1, 0.15) is 35.1 Å². The highest BCUT2D eigenvalue weighted by Gasteiger charge is 2.33. The molecule has 21 heavy (non-hydrogen) atoms. The summed E-state index contributed by atoms with van der Waals surface area (Å²) in [4.78, 5) is 15.7. The lowest BCUT2D eigenvalue weighted by Gasteiger charge is -2.08. The Bertz CT molecular complexity index is 674. The third kappa shape index (κ3) is 2.51. The van der Waals surface area contributed by atoms with E-state index in [-0.39, 0.29) is 0 Å². The number of hydrogen-bond donors (Lipinski definition) is 1. The van der Waals surface area contributed by atoms with Gasteiger partial charge in [0.05, 0.1) is 5.69 Å². The molecule has 3 rings (SSSR count). The van der Waals surface area contributed by atoms with E-state index < -0.39 is 11.9 Å². The van der Waals surface area contributed by atoms with Crippen LogP contribution >= 0.6 is 0 Å². The maximum Gasteiger partial charge on any atom is 0.312 e. The summed E-state index contributed by atoms with van der Waals surface area (Å²) >= 11 is 0. The Kier molecular flexibility index (Phi) is 3.41. The summed E-state index contributed by atoms with van der Waals surface area (Å²) in [7, 11) is 1.92. The van der Waals surface area contributed by atoms with Gasteiger partial charge in [0.2, 0.25) is 0 Å². The number of rotatable bonds is 4. The van der Waals surface area contributed by atoms with Gasteiger partial charge < -0.3 is 14.4 Å². The lowest BCUT2D eigenvalue weighted by molar-refractivity contribution is -0.138. The highest BCUT2D eigenvalue weighted by Crippen LogP contribution is 2.33.